The Kier molecular flexibility index (Phi) is 4.28. The van der Waals surface area contributed by atoms with Crippen LogP contribution in [0.1, 0.15) is 11.4 Å². The molecule has 0 bridgehead atoms. The molecule has 0 saturated carbocycles. The van der Waals surface area contributed by atoms with Gasteiger partial charge in [0.25, 0.3) is 0 Å². The number of nitrogens with zero attached hydrogens (tertiary/aromatic N) is 1. The van der Waals surface area contributed by atoms with Gasteiger partial charge in [0, 0.05) is 12.5 Å². The second-order valence-electron chi connectivity index (χ2n) is 5.06. The number of aromatic amines is 1. The van der Waals surface area contributed by atoms with Crippen molar-refractivity contribution in [2.75, 3.05) is 7.11 Å². The average Bonchev–Trinajstić information content (AvgIpc) is 2.90. The Morgan fingerprint density at radius 2 is 1.96 bits per heavy atom. The summed E-state index contributed by atoms with van der Waals surface area (Å²) in [6.45, 7) is 0. The summed E-state index contributed by atoms with van der Waals surface area (Å²) in [5.41, 5.74) is 2.29. The lowest BCUT2D eigenvalue weighted by molar-refractivity contribution is -0.274. The lowest BCUT2D eigenvalue weighted by Crippen LogP contribution is -2.17. The highest BCUT2D eigenvalue weighted by Crippen LogP contribution is 2.31. The van der Waals surface area contributed by atoms with Crippen molar-refractivity contribution in [2.24, 2.45) is 0 Å². The fourth-order valence-electron chi connectivity index (χ4n) is 2.31. The van der Waals surface area contributed by atoms with Crippen molar-refractivity contribution in [1.29, 1.82) is 0 Å². The predicted molar refractivity (Wildman–Crippen MR) is 83.6 cm³/mol. The van der Waals surface area contributed by atoms with E-state index in [1.807, 2.05) is 12.1 Å². The van der Waals surface area contributed by atoms with Gasteiger partial charge >= 0.3 is 6.36 Å². The summed E-state index contributed by atoms with van der Waals surface area (Å²) >= 11 is 5.85. The van der Waals surface area contributed by atoms with E-state index in [9.17, 15) is 13.2 Å². The Morgan fingerprint density at radius 3 is 2.62 bits per heavy atom. The summed E-state index contributed by atoms with van der Waals surface area (Å²) in [4.78, 5) is 7.58. The van der Waals surface area contributed by atoms with E-state index in [1.165, 1.54) is 18.2 Å². The summed E-state index contributed by atoms with van der Waals surface area (Å²) in [5.74, 6) is 0.940. The van der Waals surface area contributed by atoms with Crippen LogP contribution < -0.4 is 9.47 Å². The predicted octanol–water partition coefficient (Wildman–Crippen LogP) is 4.71. The molecule has 4 nitrogen and oxygen atoms in total. The van der Waals surface area contributed by atoms with Crippen LogP contribution in [0.3, 0.4) is 0 Å². The van der Waals surface area contributed by atoms with Crippen molar-refractivity contribution in [1.82, 2.24) is 9.97 Å². The largest absolute Gasteiger partial charge is 0.573 e. The second kappa shape index (κ2) is 6.24. The number of hydrogen-bond acceptors (Lipinski definition) is 3. The first-order valence-electron chi connectivity index (χ1n) is 6.91. The van der Waals surface area contributed by atoms with Crippen molar-refractivity contribution < 1.29 is 22.6 Å². The molecule has 0 fully saturated rings. The first kappa shape index (κ1) is 16.4. The number of methoxy groups -OCH3 is 1. The lowest BCUT2D eigenvalue weighted by Gasteiger charge is -2.11. The molecule has 126 valence electrons. The molecule has 0 aliphatic rings. The summed E-state index contributed by atoms with van der Waals surface area (Å²) in [6, 6.07) is 9.57. The number of hydrogen-bond donors (Lipinski definition) is 1. The Hall–Kier alpha value is -2.41. The number of alkyl halides is 3. The molecule has 0 aliphatic carbocycles. The molecule has 0 radical (unpaired) electrons. The number of imidazole rings is 1. The maximum atomic E-state index is 12.2. The maximum absolute atomic E-state index is 12.2. The minimum absolute atomic E-state index is 0.109. The monoisotopic (exact) mass is 356 g/mol. The van der Waals surface area contributed by atoms with Gasteiger partial charge in [-0.2, -0.15) is 0 Å². The summed E-state index contributed by atoms with van der Waals surface area (Å²) < 4.78 is 45.7. The van der Waals surface area contributed by atoms with Crippen molar-refractivity contribution in [3.05, 3.63) is 52.8 Å². The van der Waals surface area contributed by atoms with Crippen LogP contribution >= 0.6 is 11.6 Å². The van der Waals surface area contributed by atoms with E-state index in [1.54, 1.807) is 13.2 Å². The third-order valence-electron chi connectivity index (χ3n) is 3.33. The van der Waals surface area contributed by atoms with Crippen LogP contribution in [0.15, 0.2) is 36.4 Å². The molecule has 0 atom stereocenters. The van der Waals surface area contributed by atoms with Crippen molar-refractivity contribution in [3.8, 4) is 11.5 Å². The molecule has 8 heteroatoms. The maximum Gasteiger partial charge on any atom is 0.573 e. The summed E-state index contributed by atoms with van der Waals surface area (Å²) in [6.07, 6.45) is -4.38. The highest BCUT2D eigenvalue weighted by molar-refractivity contribution is 6.32. The van der Waals surface area contributed by atoms with Gasteiger partial charge in [-0.1, -0.05) is 17.7 Å². The third-order valence-corrected chi connectivity index (χ3v) is 3.63. The molecule has 1 N–H and O–H groups in total. The third kappa shape index (κ3) is 3.73. The van der Waals surface area contributed by atoms with Crippen molar-refractivity contribution >= 4 is 22.6 Å². The number of fused-ring (bicyclic) bond motifs is 1. The van der Waals surface area contributed by atoms with E-state index in [2.05, 4.69) is 14.7 Å². The van der Waals surface area contributed by atoms with Crippen LogP contribution in [0.2, 0.25) is 5.02 Å². The number of benzene rings is 2. The summed E-state index contributed by atoms with van der Waals surface area (Å²) in [7, 11) is 1.57. The fraction of sp³-hybridized carbons (Fsp3) is 0.188. The molecule has 0 amide bonds. The zero-order valence-electron chi connectivity index (χ0n) is 12.4. The van der Waals surface area contributed by atoms with Crippen LogP contribution in [0.5, 0.6) is 11.5 Å². The molecule has 0 aliphatic heterocycles. The minimum atomic E-state index is -4.77. The van der Waals surface area contributed by atoms with Crippen LogP contribution in [0.4, 0.5) is 13.2 Å². The molecule has 3 rings (SSSR count). The Labute approximate surface area is 140 Å². The van der Waals surface area contributed by atoms with Crippen LogP contribution in [0.25, 0.3) is 11.0 Å². The van der Waals surface area contributed by atoms with E-state index in [-0.39, 0.29) is 5.02 Å². The quantitative estimate of drug-likeness (QED) is 0.736. The Morgan fingerprint density at radius 1 is 1.17 bits per heavy atom. The Bertz CT molecular complexity index is 877. The molecular weight excluding hydrogens is 345 g/mol. The zero-order chi connectivity index (χ0) is 17.3. The Balaban J connectivity index is 1.82. The van der Waals surface area contributed by atoms with Gasteiger partial charge in [0.05, 0.1) is 23.2 Å². The van der Waals surface area contributed by atoms with E-state index in [4.69, 9.17) is 16.3 Å². The van der Waals surface area contributed by atoms with Gasteiger partial charge in [-0.3, -0.25) is 0 Å². The van der Waals surface area contributed by atoms with E-state index in [0.717, 1.165) is 11.0 Å². The zero-order valence-corrected chi connectivity index (χ0v) is 13.2. The molecular formula is C16H12ClF3N2O2. The summed E-state index contributed by atoms with van der Waals surface area (Å²) in [5, 5.41) is -0.109. The number of aromatic nitrogens is 2. The standard InChI is InChI=1S/C16H12ClF3N2O2/c1-23-10-3-4-12-13(8-10)22-15(21-12)7-9-2-5-14(11(17)6-9)24-16(18,19)20/h2-6,8H,7H2,1H3,(H,21,22). The number of H-pyrrole nitrogens is 1. The van der Waals surface area contributed by atoms with E-state index >= 15 is 0 Å². The first-order valence-corrected chi connectivity index (χ1v) is 7.28. The van der Waals surface area contributed by atoms with Crippen LogP contribution in [0, 0.1) is 0 Å². The number of ether oxygens (including phenoxy) is 2. The fourth-order valence-corrected chi connectivity index (χ4v) is 2.55. The molecule has 24 heavy (non-hydrogen) atoms. The highest BCUT2D eigenvalue weighted by atomic mass is 35.5. The van der Waals surface area contributed by atoms with Gasteiger partial charge in [0.15, 0.2) is 0 Å². The number of rotatable bonds is 4. The molecule has 0 spiro atoms. The van der Waals surface area contributed by atoms with E-state index < -0.39 is 12.1 Å². The van der Waals surface area contributed by atoms with Gasteiger partial charge in [-0.05, 0) is 29.8 Å². The molecule has 1 heterocycles. The molecule has 0 unspecified atom stereocenters. The number of halogens is 4. The van der Waals surface area contributed by atoms with Crippen molar-refractivity contribution in [2.45, 2.75) is 12.8 Å². The van der Waals surface area contributed by atoms with Crippen LogP contribution in [-0.4, -0.2) is 23.4 Å². The SMILES string of the molecule is COc1ccc2nc(Cc3ccc(OC(F)(F)F)c(Cl)c3)[nH]c2c1. The number of nitrogens with one attached hydrogen (secondary N) is 1. The second-order valence-corrected chi connectivity index (χ2v) is 5.46. The van der Waals surface area contributed by atoms with Gasteiger partial charge in [-0.15, -0.1) is 13.2 Å². The van der Waals surface area contributed by atoms with Crippen molar-refractivity contribution in [3.63, 3.8) is 0 Å². The molecule has 1 aromatic heterocycles. The average molecular weight is 357 g/mol. The smallest absolute Gasteiger partial charge is 0.497 e. The van der Waals surface area contributed by atoms with Gasteiger partial charge in [-0.25, -0.2) is 4.98 Å². The topological polar surface area (TPSA) is 47.1 Å². The lowest BCUT2D eigenvalue weighted by atomic mass is 10.1. The van der Waals surface area contributed by atoms with Gasteiger partial charge in [0.2, 0.25) is 0 Å². The van der Waals surface area contributed by atoms with E-state index in [0.29, 0.717) is 23.6 Å². The van der Waals surface area contributed by atoms with Gasteiger partial charge < -0.3 is 14.5 Å². The minimum Gasteiger partial charge on any atom is -0.497 e. The first-order chi connectivity index (χ1) is 11.3. The molecule has 3 aromatic rings. The molecule has 0 saturated heterocycles. The van der Waals surface area contributed by atoms with Crippen LogP contribution in [-0.2, 0) is 6.42 Å². The normalized spacial score (nSPS) is 11.7. The molecule has 2 aromatic carbocycles. The highest BCUT2D eigenvalue weighted by Gasteiger charge is 2.32. The van der Waals surface area contributed by atoms with Gasteiger partial charge in [0.1, 0.15) is 17.3 Å².